The number of halogens is 2. The number of nitrogens with zero attached hydrogens (tertiary/aromatic N) is 1. The Kier molecular flexibility index (Phi) is 6.17. The van der Waals surface area contributed by atoms with Crippen LogP contribution in [0.3, 0.4) is 0 Å². The lowest BCUT2D eigenvalue weighted by atomic mass is 10.2. The van der Waals surface area contributed by atoms with Crippen LogP contribution in [0, 0.1) is 0 Å². The van der Waals surface area contributed by atoms with Gasteiger partial charge in [0.05, 0.1) is 21.6 Å². The summed E-state index contributed by atoms with van der Waals surface area (Å²) < 4.78 is 28.7. The first kappa shape index (κ1) is 18.4. The largest absolute Gasteiger partial charge is 0.484 e. The standard InChI is InChI=1S/C15H19Cl2NO4S/c1-2-6-18(11-5-7-23(20,21)10-11)15(19)9-22-12-3-4-13(16)14(17)8-12/h3-4,8,11H,2,5-7,9-10H2,1H3. The van der Waals surface area contributed by atoms with E-state index in [1.54, 1.807) is 23.1 Å². The molecule has 0 saturated carbocycles. The number of benzene rings is 1. The van der Waals surface area contributed by atoms with Crippen LogP contribution in [0.2, 0.25) is 10.0 Å². The summed E-state index contributed by atoms with van der Waals surface area (Å²) in [6.45, 7) is 2.31. The second-order valence-corrected chi connectivity index (χ2v) is 8.55. The average molecular weight is 380 g/mol. The number of ether oxygens (including phenoxy) is 1. The maximum absolute atomic E-state index is 12.4. The zero-order valence-corrected chi connectivity index (χ0v) is 15.1. The fourth-order valence-electron chi connectivity index (χ4n) is 2.57. The minimum Gasteiger partial charge on any atom is -0.484 e. The minimum absolute atomic E-state index is 0.0332. The molecule has 1 atom stereocenters. The highest BCUT2D eigenvalue weighted by molar-refractivity contribution is 7.91. The molecule has 1 heterocycles. The smallest absolute Gasteiger partial charge is 0.260 e. The van der Waals surface area contributed by atoms with E-state index in [0.717, 1.165) is 6.42 Å². The molecule has 1 unspecified atom stereocenters. The molecule has 5 nitrogen and oxygen atoms in total. The highest BCUT2D eigenvalue weighted by Gasteiger charge is 2.34. The molecule has 1 saturated heterocycles. The molecule has 0 radical (unpaired) electrons. The third kappa shape index (κ3) is 4.99. The van der Waals surface area contributed by atoms with Crippen LogP contribution in [0.15, 0.2) is 18.2 Å². The molecule has 1 amide bonds. The average Bonchev–Trinajstić information content (AvgIpc) is 2.85. The van der Waals surface area contributed by atoms with Crippen molar-refractivity contribution in [3.05, 3.63) is 28.2 Å². The lowest BCUT2D eigenvalue weighted by molar-refractivity contribution is -0.135. The van der Waals surface area contributed by atoms with Gasteiger partial charge in [0.25, 0.3) is 5.91 Å². The van der Waals surface area contributed by atoms with Gasteiger partial charge in [-0.25, -0.2) is 8.42 Å². The number of carbonyl (C=O) groups excluding carboxylic acids is 1. The molecular weight excluding hydrogens is 361 g/mol. The van der Waals surface area contributed by atoms with E-state index >= 15 is 0 Å². The summed E-state index contributed by atoms with van der Waals surface area (Å²) in [5.41, 5.74) is 0. The summed E-state index contributed by atoms with van der Waals surface area (Å²) in [7, 11) is -3.04. The van der Waals surface area contributed by atoms with Gasteiger partial charge in [0.2, 0.25) is 0 Å². The molecule has 1 fully saturated rings. The molecular formula is C15H19Cl2NO4S. The SMILES string of the molecule is CCCN(C(=O)COc1ccc(Cl)c(Cl)c1)C1CCS(=O)(=O)C1. The second-order valence-electron chi connectivity index (χ2n) is 5.51. The Hall–Kier alpha value is -0.980. The molecule has 8 heteroatoms. The summed E-state index contributed by atoms with van der Waals surface area (Å²) in [5.74, 6) is 0.396. The van der Waals surface area contributed by atoms with E-state index in [0.29, 0.717) is 28.8 Å². The topological polar surface area (TPSA) is 63.7 Å². The van der Waals surface area contributed by atoms with E-state index in [9.17, 15) is 13.2 Å². The zero-order valence-electron chi connectivity index (χ0n) is 12.8. The molecule has 1 aliphatic heterocycles. The normalized spacial score (nSPS) is 19.5. The van der Waals surface area contributed by atoms with E-state index in [1.807, 2.05) is 6.92 Å². The van der Waals surface area contributed by atoms with Gasteiger partial charge in [-0.3, -0.25) is 4.79 Å². The first-order valence-corrected chi connectivity index (χ1v) is 9.98. The van der Waals surface area contributed by atoms with Crippen LogP contribution in [0.25, 0.3) is 0 Å². The molecule has 0 spiro atoms. The Labute approximate surface area is 146 Å². The van der Waals surface area contributed by atoms with E-state index in [1.165, 1.54) is 0 Å². The molecule has 0 aliphatic carbocycles. The highest BCUT2D eigenvalue weighted by Crippen LogP contribution is 2.26. The Bertz CT molecular complexity index is 678. The van der Waals surface area contributed by atoms with Gasteiger partial charge in [-0.2, -0.15) is 0 Å². The maximum Gasteiger partial charge on any atom is 0.260 e. The summed E-state index contributed by atoms with van der Waals surface area (Å²) in [4.78, 5) is 14.0. The van der Waals surface area contributed by atoms with Crippen molar-refractivity contribution in [2.24, 2.45) is 0 Å². The van der Waals surface area contributed by atoms with E-state index in [4.69, 9.17) is 27.9 Å². The number of carbonyl (C=O) groups is 1. The molecule has 2 rings (SSSR count). The molecule has 0 bridgehead atoms. The third-order valence-corrected chi connectivity index (χ3v) is 6.18. The van der Waals surface area contributed by atoms with Crippen molar-refractivity contribution in [3.63, 3.8) is 0 Å². The van der Waals surface area contributed by atoms with Gasteiger partial charge >= 0.3 is 0 Å². The van der Waals surface area contributed by atoms with E-state index in [-0.39, 0.29) is 30.1 Å². The van der Waals surface area contributed by atoms with Crippen LogP contribution in [0.4, 0.5) is 0 Å². The van der Waals surface area contributed by atoms with Crippen molar-refractivity contribution >= 4 is 38.9 Å². The van der Waals surface area contributed by atoms with Crippen LogP contribution in [-0.4, -0.2) is 49.9 Å². The monoisotopic (exact) mass is 379 g/mol. The predicted molar refractivity (Wildman–Crippen MR) is 91.0 cm³/mol. The van der Waals surface area contributed by atoms with E-state index in [2.05, 4.69) is 0 Å². The molecule has 1 aromatic carbocycles. The maximum atomic E-state index is 12.4. The molecule has 1 aliphatic rings. The van der Waals surface area contributed by atoms with Crippen molar-refractivity contribution in [2.75, 3.05) is 24.7 Å². The molecule has 1 aromatic rings. The number of amides is 1. The van der Waals surface area contributed by atoms with Crippen molar-refractivity contribution in [1.29, 1.82) is 0 Å². The van der Waals surface area contributed by atoms with Crippen LogP contribution < -0.4 is 4.74 Å². The first-order chi connectivity index (χ1) is 10.8. The number of hydrogen-bond acceptors (Lipinski definition) is 4. The van der Waals surface area contributed by atoms with Gasteiger partial charge < -0.3 is 9.64 Å². The quantitative estimate of drug-likeness (QED) is 0.762. The Morgan fingerprint density at radius 2 is 2.09 bits per heavy atom. The predicted octanol–water partition coefficient (Wildman–Crippen LogP) is 2.80. The number of sulfone groups is 1. The Balaban J connectivity index is 1.99. The lowest BCUT2D eigenvalue weighted by Crippen LogP contribution is -2.44. The van der Waals surface area contributed by atoms with Crippen LogP contribution >= 0.6 is 23.2 Å². The third-order valence-electron chi connectivity index (χ3n) is 3.69. The number of rotatable bonds is 6. The van der Waals surface area contributed by atoms with Crippen molar-refractivity contribution in [3.8, 4) is 5.75 Å². The highest BCUT2D eigenvalue weighted by atomic mass is 35.5. The molecule has 0 N–H and O–H groups in total. The fraction of sp³-hybridized carbons (Fsp3) is 0.533. The second kappa shape index (κ2) is 7.73. The van der Waals surface area contributed by atoms with Crippen LogP contribution in [0.1, 0.15) is 19.8 Å². The number of hydrogen-bond donors (Lipinski definition) is 0. The molecule has 23 heavy (non-hydrogen) atoms. The first-order valence-electron chi connectivity index (χ1n) is 7.40. The van der Waals surface area contributed by atoms with Gasteiger partial charge in [0.1, 0.15) is 5.75 Å². The van der Waals surface area contributed by atoms with Crippen LogP contribution in [-0.2, 0) is 14.6 Å². The minimum atomic E-state index is -3.04. The lowest BCUT2D eigenvalue weighted by Gasteiger charge is -2.27. The summed E-state index contributed by atoms with van der Waals surface area (Å²) in [6, 6.07) is 4.51. The Morgan fingerprint density at radius 3 is 2.65 bits per heavy atom. The summed E-state index contributed by atoms with van der Waals surface area (Å²) in [5, 5.41) is 0.762. The van der Waals surface area contributed by atoms with Crippen molar-refractivity contribution in [1.82, 2.24) is 4.90 Å². The van der Waals surface area contributed by atoms with Crippen LogP contribution in [0.5, 0.6) is 5.75 Å². The van der Waals surface area contributed by atoms with E-state index < -0.39 is 9.84 Å². The summed E-state index contributed by atoms with van der Waals surface area (Å²) >= 11 is 11.7. The van der Waals surface area contributed by atoms with Gasteiger partial charge in [-0.05, 0) is 25.0 Å². The molecule has 0 aromatic heterocycles. The van der Waals surface area contributed by atoms with Crippen molar-refractivity contribution < 1.29 is 17.9 Å². The van der Waals surface area contributed by atoms with Gasteiger partial charge in [-0.1, -0.05) is 30.1 Å². The summed E-state index contributed by atoms with van der Waals surface area (Å²) in [6.07, 6.45) is 1.25. The molecule has 128 valence electrons. The van der Waals surface area contributed by atoms with Gasteiger partial charge in [0.15, 0.2) is 16.4 Å². The fourth-order valence-corrected chi connectivity index (χ4v) is 4.59. The Morgan fingerprint density at radius 1 is 1.35 bits per heavy atom. The van der Waals surface area contributed by atoms with Gasteiger partial charge in [-0.15, -0.1) is 0 Å². The van der Waals surface area contributed by atoms with Crippen molar-refractivity contribution in [2.45, 2.75) is 25.8 Å². The zero-order chi connectivity index (χ0) is 17.0. The van der Waals surface area contributed by atoms with Gasteiger partial charge in [0, 0.05) is 18.7 Å².